The molecule has 1 saturated carbocycles. The van der Waals surface area contributed by atoms with Crippen molar-refractivity contribution < 1.29 is 13.5 Å². The molecule has 0 aromatic heterocycles. The van der Waals surface area contributed by atoms with Gasteiger partial charge in [-0.05, 0) is 29.8 Å². The quantitative estimate of drug-likeness (QED) is 0.865. The molecule has 4 nitrogen and oxygen atoms in total. The zero-order chi connectivity index (χ0) is 16.7. The van der Waals surface area contributed by atoms with Crippen LogP contribution in [0, 0.1) is 5.41 Å². The lowest BCUT2D eigenvalue weighted by atomic mass is 10.0. The van der Waals surface area contributed by atoms with Crippen molar-refractivity contribution in [2.45, 2.75) is 16.1 Å². The van der Waals surface area contributed by atoms with Crippen LogP contribution in [0.5, 0.6) is 0 Å². The van der Waals surface area contributed by atoms with Gasteiger partial charge in [0, 0.05) is 22.9 Å². The summed E-state index contributed by atoms with van der Waals surface area (Å²) < 4.78 is 26.0. The lowest BCUT2D eigenvalue weighted by Gasteiger charge is -2.12. The number of aliphatic hydroxyl groups excluding tert-OH is 1. The predicted molar refractivity (Wildman–Crippen MR) is 90.2 cm³/mol. The lowest BCUT2D eigenvalue weighted by molar-refractivity contribution is 0.212. The van der Waals surface area contributed by atoms with Gasteiger partial charge >= 0.3 is 0 Å². The molecule has 0 bridgehead atoms. The fraction of sp³-hybridized carbons (Fsp3) is 0.294. The summed E-state index contributed by atoms with van der Waals surface area (Å²) in [7, 11) is -3.59. The number of benzene rings is 2. The maximum atomic E-state index is 13.0. The van der Waals surface area contributed by atoms with Crippen LogP contribution in [0.2, 0.25) is 5.02 Å². The van der Waals surface area contributed by atoms with Gasteiger partial charge in [0.15, 0.2) is 9.84 Å². The van der Waals surface area contributed by atoms with Crippen LogP contribution in [-0.2, 0) is 9.84 Å². The number of nitrogens with two attached hydrogens (primary N) is 1. The second-order valence-electron chi connectivity index (χ2n) is 5.91. The summed E-state index contributed by atoms with van der Waals surface area (Å²) in [4.78, 5) is 0.251. The molecule has 3 atom stereocenters. The van der Waals surface area contributed by atoms with Crippen LogP contribution in [0.1, 0.15) is 11.5 Å². The van der Waals surface area contributed by atoms with Crippen LogP contribution in [0.15, 0.2) is 59.5 Å². The number of halogens is 1. The van der Waals surface area contributed by atoms with Gasteiger partial charge in [0.1, 0.15) is 0 Å². The minimum absolute atomic E-state index is 0.0947. The molecule has 2 aromatic carbocycles. The molecule has 23 heavy (non-hydrogen) atoms. The first-order valence-corrected chi connectivity index (χ1v) is 9.25. The maximum absolute atomic E-state index is 13.0. The van der Waals surface area contributed by atoms with Gasteiger partial charge in [0.25, 0.3) is 0 Å². The largest absolute Gasteiger partial charge is 0.396 e. The van der Waals surface area contributed by atoms with Crippen LogP contribution in [0.25, 0.3) is 0 Å². The fourth-order valence-electron chi connectivity index (χ4n) is 3.40. The van der Waals surface area contributed by atoms with Gasteiger partial charge in [0.2, 0.25) is 0 Å². The second-order valence-corrected chi connectivity index (χ2v) is 8.41. The van der Waals surface area contributed by atoms with E-state index in [2.05, 4.69) is 0 Å². The molecule has 1 aliphatic rings. The first-order chi connectivity index (χ1) is 11.0. The Hall–Kier alpha value is -1.40. The summed E-state index contributed by atoms with van der Waals surface area (Å²) in [5.41, 5.74) is 5.78. The van der Waals surface area contributed by atoms with Gasteiger partial charge in [-0.2, -0.15) is 0 Å². The van der Waals surface area contributed by atoms with Gasteiger partial charge in [-0.25, -0.2) is 8.42 Å². The number of hydrogen-bond acceptors (Lipinski definition) is 4. The monoisotopic (exact) mass is 351 g/mol. The molecule has 3 N–H and O–H groups in total. The summed E-state index contributed by atoms with van der Waals surface area (Å²) in [5, 5.41) is 9.65. The van der Waals surface area contributed by atoms with E-state index in [-0.39, 0.29) is 24.0 Å². The molecular weight excluding hydrogens is 334 g/mol. The third-order valence-electron chi connectivity index (χ3n) is 4.67. The molecule has 1 aliphatic carbocycles. The van der Waals surface area contributed by atoms with Crippen molar-refractivity contribution in [2.75, 3.05) is 13.2 Å². The third kappa shape index (κ3) is 2.58. The normalized spacial score (nSPS) is 26.9. The Bertz CT molecular complexity index is 804. The Morgan fingerprint density at radius 1 is 1.13 bits per heavy atom. The number of rotatable bonds is 5. The zero-order valence-corrected chi connectivity index (χ0v) is 14.0. The number of sulfone groups is 1. The van der Waals surface area contributed by atoms with Crippen LogP contribution in [-0.4, -0.2) is 31.9 Å². The Morgan fingerprint density at radius 2 is 1.83 bits per heavy atom. The molecule has 122 valence electrons. The number of aliphatic hydroxyl groups is 1. The van der Waals surface area contributed by atoms with E-state index in [0.29, 0.717) is 5.02 Å². The molecule has 0 saturated heterocycles. The molecule has 2 aromatic rings. The topological polar surface area (TPSA) is 80.4 Å². The molecule has 0 radical (unpaired) electrons. The van der Waals surface area contributed by atoms with Crippen molar-refractivity contribution in [3.8, 4) is 0 Å². The van der Waals surface area contributed by atoms with Crippen LogP contribution in [0.3, 0.4) is 0 Å². The van der Waals surface area contributed by atoms with Crippen LogP contribution >= 0.6 is 11.6 Å². The predicted octanol–water partition coefficient (Wildman–Crippen LogP) is 2.22. The highest BCUT2D eigenvalue weighted by Gasteiger charge is 2.70. The minimum Gasteiger partial charge on any atom is -0.396 e. The van der Waals surface area contributed by atoms with E-state index in [9.17, 15) is 13.5 Å². The van der Waals surface area contributed by atoms with Crippen molar-refractivity contribution >= 4 is 21.4 Å². The van der Waals surface area contributed by atoms with Crippen molar-refractivity contribution in [2.24, 2.45) is 11.1 Å². The second kappa shape index (κ2) is 5.91. The molecule has 6 heteroatoms. The molecule has 3 rings (SSSR count). The van der Waals surface area contributed by atoms with Gasteiger partial charge in [-0.3, -0.25) is 0 Å². The van der Waals surface area contributed by atoms with Gasteiger partial charge in [0.05, 0.1) is 16.8 Å². The first-order valence-electron chi connectivity index (χ1n) is 7.33. The summed E-state index contributed by atoms with van der Waals surface area (Å²) >= 11 is 6.03. The van der Waals surface area contributed by atoms with E-state index in [1.807, 2.05) is 6.07 Å². The highest BCUT2D eigenvalue weighted by molar-refractivity contribution is 7.92. The fourth-order valence-corrected chi connectivity index (χ4v) is 6.07. The Balaban J connectivity index is 2.07. The molecular formula is C17H18ClNO3S. The molecule has 0 heterocycles. The zero-order valence-electron chi connectivity index (χ0n) is 12.4. The Morgan fingerprint density at radius 3 is 2.39 bits per heavy atom. The average Bonchev–Trinajstić information content (AvgIpc) is 3.26. The van der Waals surface area contributed by atoms with Crippen molar-refractivity contribution in [3.05, 3.63) is 65.2 Å². The third-order valence-corrected chi connectivity index (χ3v) is 7.24. The first kappa shape index (κ1) is 16.5. The van der Waals surface area contributed by atoms with Crippen molar-refractivity contribution in [1.82, 2.24) is 0 Å². The van der Waals surface area contributed by atoms with Crippen LogP contribution < -0.4 is 5.73 Å². The van der Waals surface area contributed by atoms with E-state index in [4.69, 9.17) is 17.3 Å². The Labute approximate surface area is 140 Å². The summed E-state index contributed by atoms with van der Waals surface area (Å²) in [6.45, 7) is -0.186. The van der Waals surface area contributed by atoms with Gasteiger partial charge < -0.3 is 10.8 Å². The highest BCUT2D eigenvalue weighted by Crippen LogP contribution is 2.63. The standard InChI is InChI=1S/C17H18ClNO3S/c18-13-6-4-5-12(9-13)15-16(17(15,10-19)11-20)23(21,22)14-7-2-1-3-8-14/h1-9,15-16,20H,10-11,19H2/t15-,16-,17+/m1/s1. The van der Waals surface area contributed by atoms with E-state index < -0.39 is 20.5 Å². The smallest absolute Gasteiger partial charge is 0.182 e. The highest BCUT2D eigenvalue weighted by atomic mass is 35.5. The Kier molecular flexibility index (Phi) is 4.23. The van der Waals surface area contributed by atoms with Crippen LogP contribution in [0.4, 0.5) is 0 Å². The van der Waals surface area contributed by atoms with E-state index in [0.717, 1.165) is 5.56 Å². The molecule has 0 unspecified atom stereocenters. The molecule has 0 amide bonds. The van der Waals surface area contributed by atoms with E-state index in [1.165, 1.54) is 0 Å². The summed E-state index contributed by atoms with van der Waals surface area (Å²) in [5.74, 6) is -0.360. The SMILES string of the molecule is NC[C@]1(CO)[C@H](c2cccc(Cl)c2)[C@H]1S(=O)(=O)c1ccccc1. The molecule has 0 aliphatic heterocycles. The summed E-state index contributed by atoms with van der Waals surface area (Å²) in [6, 6.07) is 15.4. The lowest BCUT2D eigenvalue weighted by Crippen LogP contribution is -2.27. The average molecular weight is 352 g/mol. The van der Waals surface area contributed by atoms with Crippen molar-refractivity contribution in [1.29, 1.82) is 0 Å². The van der Waals surface area contributed by atoms with E-state index in [1.54, 1.807) is 48.5 Å². The van der Waals surface area contributed by atoms with Gasteiger partial charge in [-0.1, -0.05) is 41.9 Å². The number of hydrogen-bond donors (Lipinski definition) is 2. The summed E-state index contributed by atoms with van der Waals surface area (Å²) in [6.07, 6.45) is 0. The van der Waals surface area contributed by atoms with Gasteiger partial charge in [-0.15, -0.1) is 0 Å². The van der Waals surface area contributed by atoms with E-state index >= 15 is 0 Å². The van der Waals surface area contributed by atoms with Crippen molar-refractivity contribution in [3.63, 3.8) is 0 Å². The molecule has 1 fully saturated rings. The molecule has 0 spiro atoms. The minimum atomic E-state index is -3.59. The maximum Gasteiger partial charge on any atom is 0.182 e.